The average Bonchev–Trinajstić information content (AvgIpc) is 2.94. The van der Waals surface area contributed by atoms with Crippen molar-refractivity contribution in [2.45, 2.75) is 38.0 Å². The molecular weight excluding hydrogens is 362 g/mol. The van der Waals surface area contributed by atoms with Crippen molar-refractivity contribution in [2.24, 2.45) is 0 Å². The first-order valence-corrected chi connectivity index (χ1v) is 9.43. The van der Waals surface area contributed by atoms with E-state index in [0.29, 0.717) is 28.3 Å². The van der Waals surface area contributed by atoms with Gasteiger partial charge in [0.2, 0.25) is 0 Å². The molecule has 3 aromatic rings. The predicted molar refractivity (Wildman–Crippen MR) is 106 cm³/mol. The van der Waals surface area contributed by atoms with E-state index in [2.05, 4.69) is 15.0 Å². The van der Waals surface area contributed by atoms with Gasteiger partial charge in [-0.1, -0.05) is 30.0 Å². The normalized spacial score (nSPS) is 12.2. The average molecular weight is 383 g/mol. The van der Waals surface area contributed by atoms with E-state index in [1.807, 2.05) is 38.1 Å². The number of carbonyl (C=O) groups excluding carboxylic acids is 2. The van der Waals surface area contributed by atoms with Crippen molar-refractivity contribution < 1.29 is 14.3 Å². The third kappa shape index (κ3) is 3.60. The van der Waals surface area contributed by atoms with Crippen LogP contribution in [0.2, 0.25) is 0 Å². The van der Waals surface area contributed by atoms with Crippen LogP contribution in [0.15, 0.2) is 29.3 Å². The van der Waals surface area contributed by atoms with Crippen molar-refractivity contribution in [3.8, 4) is 0 Å². The van der Waals surface area contributed by atoms with Crippen molar-refractivity contribution in [2.75, 3.05) is 7.11 Å². The third-order valence-electron chi connectivity index (χ3n) is 4.41. The maximum absolute atomic E-state index is 13.0. The van der Waals surface area contributed by atoms with Gasteiger partial charge in [-0.3, -0.25) is 4.79 Å². The summed E-state index contributed by atoms with van der Waals surface area (Å²) < 4.78 is 4.82. The fourth-order valence-corrected chi connectivity index (χ4v) is 4.12. The molecule has 6 nitrogen and oxygen atoms in total. The first kappa shape index (κ1) is 19.1. The van der Waals surface area contributed by atoms with Gasteiger partial charge >= 0.3 is 5.97 Å². The fraction of sp³-hybridized carbons (Fsp3) is 0.300. The summed E-state index contributed by atoms with van der Waals surface area (Å²) in [6.45, 7) is 7.19. The number of nitrogens with zero attached hydrogens (tertiary/aromatic N) is 2. The lowest BCUT2D eigenvalue weighted by Gasteiger charge is -2.12. The van der Waals surface area contributed by atoms with Crippen LogP contribution < -0.4 is 0 Å². The Balaban J connectivity index is 1.93. The van der Waals surface area contributed by atoms with E-state index < -0.39 is 5.97 Å². The number of Topliss-reactive ketones (excluding diaryl/α,β-unsaturated/α-hetero) is 1. The Bertz CT molecular complexity index is 1040. The number of para-hydroxylation sites is 1. The zero-order chi connectivity index (χ0) is 19.7. The molecule has 0 radical (unpaired) electrons. The molecule has 2 heterocycles. The zero-order valence-electron chi connectivity index (χ0n) is 15.9. The molecule has 2 aromatic heterocycles. The molecule has 0 aliphatic carbocycles. The number of esters is 1. The van der Waals surface area contributed by atoms with E-state index in [9.17, 15) is 9.59 Å². The van der Waals surface area contributed by atoms with Crippen molar-refractivity contribution in [3.63, 3.8) is 0 Å². The zero-order valence-corrected chi connectivity index (χ0v) is 16.7. The predicted octanol–water partition coefficient (Wildman–Crippen LogP) is 4.03. The molecule has 1 N–H and O–H groups in total. The number of nitrogens with one attached hydrogen (secondary N) is 1. The lowest BCUT2D eigenvalue weighted by Crippen LogP contribution is -2.16. The number of hydrogen-bond donors (Lipinski definition) is 1. The molecule has 7 heteroatoms. The van der Waals surface area contributed by atoms with E-state index in [1.54, 1.807) is 13.8 Å². The Labute approximate surface area is 161 Å². The summed E-state index contributed by atoms with van der Waals surface area (Å²) in [5.41, 5.74) is 2.94. The lowest BCUT2D eigenvalue weighted by atomic mass is 10.1. The molecule has 27 heavy (non-hydrogen) atoms. The Morgan fingerprint density at radius 3 is 2.56 bits per heavy atom. The van der Waals surface area contributed by atoms with Gasteiger partial charge in [-0.15, -0.1) is 0 Å². The maximum atomic E-state index is 13.0. The number of benzene rings is 1. The highest BCUT2D eigenvalue weighted by Crippen LogP contribution is 2.31. The van der Waals surface area contributed by atoms with Gasteiger partial charge in [-0.2, -0.15) is 0 Å². The number of aromatic nitrogens is 3. The second kappa shape index (κ2) is 7.52. The number of carbonyl (C=O) groups is 2. The van der Waals surface area contributed by atoms with E-state index in [1.165, 1.54) is 18.9 Å². The van der Waals surface area contributed by atoms with E-state index in [0.717, 1.165) is 15.9 Å². The van der Waals surface area contributed by atoms with Gasteiger partial charge in [0.05, 0.1) is 29.1 Å². The number of ketones is 1. The maximum Gasteiger partial charge on any atom is 0.339 e. The largest absolute Gasteiger partial charge is 0.465 e. The van der Waals surface area contributed by atoms with Gasteiger partial charge < -0.3 is 9.72 Å². The van der Waals surface area contributed by atoms with Crippen molar-refractivity contribution in [1.29, 1.82) is 0 Å². The van der Waals surface area contributed by atoms with Crippen LogP contribution in [0.25, 0.3) is 10.9 Å². The van der Waals surface area contributed by atoms with Crippen molar-refractivity contribution in [1.82, 2.24) is 15.0 Å². The van der Waals surface area contributed by atoms with Gasteiger partial charge in [0.25, 0.3) is 0 Å². The minimum Gasteiger partial charge on any atom is -0.465 e. The molecule has 0 bridgehead atoms. The summed E-state index contributed by atoms with van der Waals surface area (Å²) >= 11 is 1.39. The monoisotopic (exact) mass is 383 g/mol. The molecule has 0 spiro atoms. The van der Waals surface area contributed by atoms with Crippen molar-refractivity contribution >= 4 is 34.4 Å². The van der Waals surface area contributed by atoms with E-state index >= 15 is 0 Å². The smallest absolute Gasteiger partial charge is 0.339 e. The summed E-state index contributed by atoms with van der Waals surface area (Å²) in [7, 11) is 1.33. The van der Waals surface area contributed by atoms with Crippen LogP contribution in [-0.4, -0.2) is 39.1 Å². The Hall–Kier alpha value is -2.67. The molecule has 0 fully saturated rings. The van der Waals surface area contributed by atoms with Crippen LogP contribution >= 0.6 is 11.8 Å². The van der Waals surface area contributed by atoms with E-state index in [-0.39, 0.29) is 11.0 Å². The van der Waals surface area contributed by atoms with Gasteiger partial charge in [0.1, 0.15) is 10.9 Å². The number of fused-ring (bicyclic) bond motifs is 1. The van der Waals surface area contributed by atoms with Crippen LogP contribution in [-0.2, 0) is 4.74 Å². The summed E-state index contributed by atoms with van der Waals surface area (Å²) in [5, 5.41) is 1.31. The standard InChI is InChI=1S/C20H21N3O3S/c1-10-16(20(25)26-5)11(2)21-17(10)18(24)12(3)27-19-14-8-6-7-9-15(14)22-13(4)23-19/h6-9,12,21H,1-5H3/t12-/m0/s1. The molecule has 1 aromatic carbocycles. The van der Waals surface area contributed by atoms with Gasteiger partial charge in [-0.05, 0) is 39.3 Å². The van der Waals surface area contributed by atoms with Gasteiger partial charge in [-0.25, -0.2) is 14.8 Å². The summed E-state index contributed by atoms with van der Waals surface area (Å²) in [5.74, 6) is 0.129. The number of rotatable bonds is 5. The molecule has 140 valence electrons. The molecule has 3 rings (SSSR count). The highest BCUT2D eigenvalue weighted by molar-refractivity contribution is 8.00. The molecular formula is C20H21N3O3S. The quantitative estimate of drug-likeness (QED) is 0.310. The number of hydrogen-bond acceptors (Lipinski definition) is 6. The second-order valence-electron chi connectivity index (χ2n) is 6.33. The molecule has 0 unspecified atom stereocenters. The van der Waals surface area contributed by atoms with Crippen LogP contribution in [0.3, 0.4) is 0 Å². The topological polar surface area (TPSA) is 84.9 Å². The number of ether oxygens (including phenoxy) is 1. The third-order valence-corrected chi connectivity index (χ3v) is 5.51. The van der Waals surface area contributed by atoms with Gasteiger partial charge in [0, 0.05) is 11.1 Å². The molecule has 0 saturated carbocycles. The molecule has 0 saturated heterocycles. The first-order valence-electron chi connectivity index (χ1n) is 8.55. The summed E-state index contributed by atoms with van der Waals surface area (Å²) in [6, 6.07) is 7.74. The first-order chi connectivity index (χ1) is 12.8. The highest BCUT2D eigenvalue weighted by Gasteiger charge is 2.26. The van der Waals surface area contributed by atoms with E-state index in [4.69, 9.17) is 4.74 Å². The van der Waals surface area contributed by atoms with Crippen LogP contribution in [0.5, 0.6) is 0 Å². The number of aryl methyl sites for hydroxylation is 2. The van der Waals surface area contributed by atoms with Crippen LogP contribution in [0.4, 0.5) is 0 Å². The SMILES string of the molecule is COC(=O)c1c(C)[nH]c(C(=O)[C@H](C)Sc2nc(C)nc3ccccc23)c1C. The Morgan fingerprint density at radius 1 is 1.15 bits per heavy atom. The lowest BCUT2D eigenvalue weighted by molar-refractivity contribution is 0.0599. The molecule has 1 atom stereocenters. The summed E-state index contributed by atoms with van der Waals surface area (Å²) in [4.78, 5) is 37.0. The molecule has 0 aliphatic heterocycles. The Morgan fingerprint density at radius 2 is 1.85 bits per heavy atom. The number of methoxy groups -OCH3 is 1. The number of H-pyrrole nitrogens is 1. The van der Waals surface area contributed by atoms with Crippen LogP contribution in [0, 0.1) is 20.8 Å². The Kier molecular flexibility index (Phi) is 5.32. The number of aromatic amines is 1. The fourth-order valence-electron chi connectivity index (χ4n) is 3.08. The molecule has 0 aliphatic rings. The van der Waals surface area contributed by atoms with Crippen molar-refractivity contribution in [3.05, 3.63) is 52.6 Å². The minimum atomic E-state index is -0.446. The highest BCUT2D eigenvalue weighted by atomic mass is 32.2. The van der Waals surface area contributed by atoms with Crippen LogP contribution in [0.1, 0.15) is 44.9 Å². The second-order valence-corrected chi connectivity index (χ2v) is 7.66. The van der Waals surface area contributed by atoms with Gasteiger partial charge in [0.15, 0.2) is 5.78 Å². The summed E-state index contributed by atoms with van der Waals surface area (Å²) in [6.07, 6.45) is 0. The minimum absolute atomic E-state index is 0.0869. The molecule has 0 amide bonds. The number of thioether (sulfide) groups is 1.